The number of ether oxygens (including phenoxy) is 1. The van der Waals surface area contributed by atoms with Crippen LogP contribution in [0, 0.1) is 0 Å². The highest BCUT2D eigenvalue weighted by atomic mass is 16.5. The molecular weight excluding hydrogens is 270 g/mol. The molecule has 0 aliphatic carbocycles. The molecule has 1 atom stereocenters. The number of anilines is 1. The summed E-state index contributed by atoms with van der Waals surface area (Å²) in [4.78, 5) is 13.9. The highest BCUT2D eigenvalue weighted by Crippen LogP contribution is 2.16. The molecule has 0 spiro atoms. The summed E-state index contributed by atoms with van der Waals surface area (Å²) < 4.78 is 5.08. The number of hydrogen-bond donors (Lipinski definition) is 3. The highest BCUT2D eigenvalue weighted by Gasteiger charge is 2.21. The SMILES string of the molecule is COc1ccc(NC(=O)N(CCO)CC2CCCN2)cc1. The van der Waals surface area contributed by atoms with E-state index in [1.54, 1.807) is 36.3 Å². The lowest BCUT2D eigenvalue weighted by atomic mass is 10.2. The van der Waals surface area contributed by atoms with Crippen LogP contribution in [0.15, 0.2) is 24.3 Å². The first-order chi connectivity index (χ1) is 10.2. The van der Waals surface area contributed by atoms with E-state index in [0.29, 0.717) is 24.8 Å². The van der Waals surface area contributed by atoms with Gasteiger partial charge in [0.15, 0.2) is 0 Å². The van der Waals surface area contributed by atoms with Crippen molar-refractivity contribution in [3.63, 3.8) is 0 Å². The number of nitrogens with zero attached hydrogens (tertiary/aromatic N) is 1. The predicted molar refractivity (Wildman–Crippen MR) is 81.7 cm³/mol. The molecule has 3 N–H and O–H groups in total. The Labute approximate surface area is 125 Å². The molecule has 1 saturated heterocycles. The van der Waals surface area contributed by atoms with E-state index in [1.165, 1.54) is 0 Å². The van der Waals surface area contributed by atoms with Gasteiger partial charge in [-0.2, -0.15) is 0 Å². The summed E-state index contributed by atoms with van der Waals surface area (Å²) in [7, 11) is 1.60. The fraction of sp³-hybridized carbons (Fsp3) is 0.533. The smallest absolute Gasteiger partial charge is 0.321 e. The summed E-state index contributed by atoms with van der Waals surface area (Å²) in [5, 5.41) is 15.3. The summed E-state index contributed by atoms with van der Waals surface area (Å²) in [6.45, 7) is 1.91. The van der Waals surface area contributed by atoms with E-state index in [2.05, 4.69) is 10.6 Å². The largest absolute Gasteiger partial charge is 0.497 e. The Morgan fingerprint density at radius 3 is 2.81 bits per heavy atom. The third-order valence-corrected chi connectivity index (χ3v) is 3.60. The summed E-state index contributed by atoms with van der Waals surface area (Å²) in [6.07, 6.45) is 2.20. The zero-order valence-electron chi connectivity index (χ0n) is 12.3. The van der Waals surface area contributed by atoms with E-state index in [4.69, 9.17) is 9.84 Å². The van der Waals surface area contributed by atoms with Gasteiger partial charge >= 0.3 is 6.03 Å². The van der Waals surface area contributed by atoms with Crippen LogP contribution >= 0.6 is 0 Å². The Kier molecular flexibility index (Phi) is 5.83. The molecule has 2 rings (SSSR count). The average Bonchev–Trinajstić information content (AvgIpc) is 3.00. The number of carbonyl (C=O) groups is 1. The van der Waals surface area contributed by atoms with Crippen molar-refractivity contribution in [2.24, 2.45) is 0 Å². The van der Waals surface area contributed by atoms with Crippen molar-refractivity contribution in [3.8, 4) is 5.75 Å². The minimum atomic E-state index is -0.192. The van der Waals surface area contributed by atoms with Crippen molar-refractivity contribution in [2.45, 2.75) is 18.9 Å². The molecule has 6 heteroatoms. The number of hydrogen-bond acceptors (Lipinski definition) is 4. The number of aliphatic hydroxyl groups is 1. The maximum Gasteiger partial charge on any atom is 0.321 e. The molecule has 0 bridgehead atoms. The minimum Gasteiger partial charge on any atom is -0.497 e. The first-order valence-corrected chi connectivity index (χ1v) is 7.27. The fourth-order valence-corrected chi connectivity index (χ4v) is 2.45. The molecule has 1 unspecified atom stereocenters. The molecule has 0 saturated carbocycles. The van der Waals surface area contributed by atoms with Gasteiger partial charge in [-0.15, -0.1) is 0 Å². The number of methoxy groups -OCH3 is 1. The first kappa shape index (κ1) is 15.6. The van der Waals surface area contributed by atoms with Crippen LogP contribution in [-0.4, -0.2) is 55.4 Å². The second-order valence-corrected chi connectivity index (χ2v) is 5.12. The quantitative estimate of drug-likeness (QED) is 0.738. The van der Waals surface area contributed by atoms with Gasteiger partial charge in [-0.05, 0) is 43.7 Å². The first-order valence-electron chi connectivity index (χ1n) is 7.27. The molecule has 116 valence electrons. The highest BCUT2D eigenvalue weighted by molar-refractivity contribution is 5.89. The van der Waals surface area contributed by atoms with Gasteiger partial charge in [0, 0.05) is 24.8 Å². The number of amides is 2. The lowest BCUT2D eigenvalue weighted by molar-refractivity contribution is 0.182. The number of nitrogens with one attached hydrogen (secondary N) is 2. The van der Waals surface area contributed by atoms with Crippen molar-refractivity contribution in [2.75, 3.05) is 38.7 Å². The van der Waals surface area contributed by atoms with Crippen molar-refractivity contribution in [1.82, 2.24) is 10.2 Å². The summed E-state index contributed by atoms with van der Waals surface area (Å²) in [5.74, 6) is 0.746. The second kappa shape index (κ2) is 7.85. The summed E-state index contributed by atoms with van der Waals surface area (Å²) in [5.41, 5.74) is 0.711. The van der Waals surface area contributed by atoms with Gasteiger partial charge < -0.3 is 25.4 Å². The molecular formula is C15H23N3O3. The van der Waals surface area contributed by atoms with Crippen LogP contribution in [0.25, 0.3) is 0 Å². The van der Waals surface area contributed by atoms with Crippen LogP contribution in [0.4, 0.5) is 10.5 Å². The maximum atomic E-state index is 12.3. The number of urea groups is 1. The van der Waals surface area contributed by atoms with Gasteiger partial charge in [-0.25, -0.2) is 4.79 Å². The fourth-order valence-electron chi connectivity index (χ4n) is 2.45. The van der Waals surface area contributed by atoms with Crippen LogP contribution < -0.4 is 15.4 Å². The van der Waals surface area contributed by atoms with Crippen LogP contribution in [0.2, 0.25) is 0 Å². The Hall–Kier alpha value is -1.79. The number of carbonyl (C=O) groups excluding carboxylic acids is 1. The zero-order chi connectivity index (χ0) is 15.1. The third-order valence-electron chi connectivity index (χ3n) is 3.60. The van der Waals surface area contributed by atoms with Crippen molar-refractivity contribution >= 4 is 11.7 Å². The standard InChI is InChI=1S/C15H23N3O3/c1-21-14-6-4-12(5-7-14)17-15(20)18(9-10-19)11-13-3-2-8-16-13/h4-7,13,16,19H,2-3,8-11H2,1H3,(H,17,20). The number of aliphatic hydroxyl groups excluding tert-OH is 1. The van der Waals surface area contributed by atoms with Crippen LogP contribution in [0.5, 0.6) is 5.75 Å². The monoisotopic (exact) mass is 293 g/mol. The van der Waals surface area contributed by atoms with E-state index < -0.39 is 0 Å². The molecule has 0 aromatic heterocycles. The summed E-state index contributed by atoms with van der Waals surface area (Å²) >= 11 is 0. The lowest BCUT2D eigenvalue weighted by Crippen LogP contribution is -2.44. The minimum absolute atomic E-state index is 0.0389. The van der Waals surface area contributed by atoms with E-state index in [9.17, 15) is 4.79 Å². The molecule has 1 heterocycles. The normalized spacial score (nSPS) is 17.5. The number of rotatable bonds is 6. The van der Waals surface area contributed by atoms with Crippen LogP contribution in [0.3, 0.4) is 0 Å². The third kappa shape index (κ3) is 4.61. The second-order valence-electron chi connectivity index (χ2n) is 5.12. The molecule has 1 aromatic carbocycles. The number of benzene rings is 1. The molecule has 2 amide bonds. The molecule has 1 aromatic rings. The van der Waals surface area contributed by atoms with Crippen molar-refractivity contribution in [3.05, 3.63) is 24.3 Å². The Morgan fingerprint density at radius 1 is 1.48 bits per heavy atom. The van der Waals surface area contributed by atoms with Gasteiger partial charge in [0.1, 0.15) is 5.75 Å². The predicted octanol–water partition coefficient (Wildman–Crippen LogP) is 1.27. The molecule has 0 radical (unpaired) electrons. The van der Waals surface area contributed by atoms with Gasteiger partial charge in [0.05, 0.1) is 13.7 Å². The van der Waals surface area contributed by atoms with Gasteiger partial charge in [0.2, 0.25) is 0 Å². The van der Waals surface area contributed by atoms with E-state index in [-0.39, 0.29) is 12.6 Å². The van der Waals surface area contributed by atoms with Crippen LogP contribution in [0.1, 0.15) is 12.8 Å². The van der Waals surface area contributed by atoms with Gasteiger partial charge in [0.25, 0.3) is 0 Å². The molecule has 21 heavy (non-hydrogen) atoms. The molecule has 1 fully saturated rings. The summed E-state index contributed by atoms with van der Waals surface area (Å²) in [6, 6.07) is 7.30. The Balaban J connectivity index is 1.92. The van der Waals surface area contributed by atoms with Crippen LogP contribution in [-0.2, 0) is 0 Å². The maximum absolute atomic E-state index is 12.3. The van der Waals surface area contributed by atoms with E-state index in [0.717, 1.165) is 25.1 Å². The zero-order valence-corrected chi connectivity index (χ0v) is 12.3. The van der Waals surface area contributed by atoms with Gasteiger partial charge in [-0.1, -0.05) is 0 Å². The van der Waals surface area contributed by atoms with Crippen molar-refractivity contribution in [1.29, 1.82) is 0 Å². The molecule has 1 aliphatic rings. The van der Waals surface area contributed by atoms with Crippen molar-refractivity contribution < 1.29 is 14.6 Å². The molecule has 6 nitrogen and oxygen atoms in total. The van der Waals surface area contributed by atoms with E-state index >= 15 is 0 Å². The van der Waals surface area contributed by atoms with E-state index in [1.807, 2.05) is 0 Å². The Morgan fingerprint density at radius 2 is 2.24 bits per heavy atom. The van der Waals surface area contributed by atoms with Gasteiger partial charge in [-0.3, -0.25) is 0 Å². The lowest BCUT2D eigenvalue weighted by Gasteiger charge is -2.25. The molecule has 1 aliphatic heterocycles. The average molecular weight is 293 g/mol. The topological polar surface area (TPSA) is 73.8 Å². The Bertz CT molecular complexity index is 444.